The van der Waals surface area contributed by atoms with E-state index in [0.29, 0.717) is 17.9 Å². The Bertz CT molecular complexity index is 600. The predicted molar refractivity (Wildman–Crippen MR) is 76.1 cm³/mol. The average molecular weight is 348 g/mol. The van der Waals surface area contributed by atoms with Crippen LogP contribution in [0.2, 0.25) is 0 Å². The lowest BCUT2D eigenvalue weighted by Crippen LogP contribution is -2.23. The summed E-state index contributed by atoms with van der Waals surface area (Å²) in [5.41, 5.74) is 0.577. The highest BCUT2D eigenvalue weighted by Gasteiger charge is 2.33. The molecule has 1 aromatic rings. The van der Waals surface area contributed by atoms with Crippen LogP contribution >= 0.6 is 15.9 Å². The molecular formula is C12H14BrNO4S. The van der Waals surface area contributed by atoms with Gasteiger partial charge < -0.3 is 10.1 Å². The van der Waals surface area contributed by atoms with Crippen LogP contribution in [0, 0.1) is 5.92 Å². The second-order valence-electron chi connectivity index (χ2n) is 4.43. The first kappa shape index (κ1) is 14.3. The SMILES string of the molecule is COc1ccc(Br)c(NC(=O)C2CCS(=O)(=O)C2)c1. The monoisotopic (exact) mass is 347 g/mol. The number of anilines is 1. The molecule has 1 fully saturated rings. The van der Waals surface area contributed by atoms with Crippen molar-refractivity contribution >= 4 is 37.4 Å². The van der Waals surface area contributed by atoms with Gasteiger partial charge in [-0.3, -0.25) is 4.79 Å². The van der Waals surface area contributed by atoms with Crippen LogP contribution in [0.5, 0.6) is 5.75 Å². The Morgan fingerprint density at radius 1 is 1.47 bits per heavy atom. The summed E-state index contributed by atoms with van der Waals surface area (Å²) in [5.74, 6) is -0.0965. The van der Waals surface area contributed by atoms with E-state index in [2.05, 4.69) is 21.2 Å². The number of carbonyl (C=O) groups excluding carboxylic acids is 1. The molecule has 1 amide bonds. The smallest absolute Gasteiger partial charge is 0.228 e. The first-order valence-electron chi connectivity index (χ1n) is 5.76. The Morgan fingerprint density at radius 2 is 2.21 bits per heavy atom. The summed E-state index contributed by atoms with van der Waals surface area (Å²) in [6.45, 7) is 0. The lowest BCUT2D eigenvalue weighted by atomic mass is 10.1. The van der Waals surface area contributed by atoms with Crippen LogP contribution < -0.4 is 10.1 Å². The highest BCUT2D eigenvalue weighted by atomic mass is 79.9. The molecule has 104 valence electrons. The number of carbonyl (C=O) groups is 1. The molecule has 5 nitrogen and oxygen atoms in total. The molecule has 1 saturated heterocycles. The molecule has 0 radical (unpaired) electrons. The zero-order chi connectivity index (χ0) is 14.0. The van der Waals surface area contributed by atoms with Crippen molar-refractivity contribution < 1.29 is 17.9 Å². The molecule has 1 N–H and O–H groups in total. The Morgan fingerprint density at radius 3 is 2.79 bits per heavy atom. The third-order valence-corrected chi connectivity index (χ3v) is 5.49. The molecule has 1 aliphatic rings. The van der Waals surface area contributed by atoms with E-state index < -0.39 is 15.8 Å². The molecule has 0 spiro atoms. The predicted octanol–water partition coefficient (Wildman–Crippen LogP) is 1.83. The molecule has 1 unspecified atom stereocenters. The summed E-state index contributed by atoms with van der Waals surface area (Å²) in [5, 5.41) is 2.73. The van der Waals surface area contributed by atoms with E-state index in [0.717, 1.165) is 4.47 Å². The Hall–Kier alpha value is -1.08. The van der Waals surface area contributed by atoms with E-state index in [4.69, 9.17) is 4.74 Å². The van der Waals surface area contributed by atoms with Crippen molar-refractivity contribution in [2.24, 2.45) is 5.92 Å². The molecule has 1 aromatic carbocycles. The van der Waals surface area contributed by atoms with Crippen molar-refractivity contribution in [3.8, 4) is 5.75 Å². The molecule has 0 bridgehead atoms. The Labute approximate surface area is 120 Å². The standard InChI is InChI=1S/C12H14BrNO4S/c1-18-9-2-3-10(13)11(6-9)14-12(15)8-4-5-19(16,17)7-8/h2-3,6,8H,4-5,7H2,1H3,(H,14,15). The van der Waals surface area contributed by atoms with Gasteiger partial charge in [0.05, 0.1) is 30.2 Å². The Kier molecular flexibility index (Phi) is 4.15. The van der Waals surface area contributed by atoms with Crippen molar-refractivity contribution in [1.82, 2.24) is 0 Å². The van der Waals surface area contributed by atoms with E-state index >= 15 is 0 Å². The fraction of sp³-hybridized carbons (Fsp3) is 0.417. The zero-order valence-electron chi connectivity index (χ0n) is 10.3. The second-order valence-corrected chi connectivity index (χ2v) is 7.52. The molecule has 0 aromatic heterocycles. The van der Waals surface area contributed by atoms with Gasteiger partial charge in [-0.1, -0.05) is 0 Å². The summed E-state index contributed by atoms with van der Waals surface area (Å²) in [6.07, 6.45) is 0.385. The van der Waals surface area contributed by atoms with Gasteiger partial charge in [-0.2, -0.15) is 0 Å². The highest BCUT2D eigenvalue weighted by Crippen LogP contribution is 2.28. The number of hydrogen-bond acceptors (Lipinski definition) is 4. The summed E-state index contributed by atoms with van der Waals surface area (Å²) < 4.78 is 28.5. The number of halogens is 1. The molecule has 0 aliphatic carbocycles. The third kappa shape index (κ3) is 3.48. The highest BCUT2D eigenvalue weighted by molar-refractivity contribution is 9.10. The summed E-state index contributed by atoms with van der Waals surface area (Å²) in [6, 6.07) is 5.21. The number of amides is 1. The van der Waals surface area contributed by atoms with E-state index in [1.54, 1.807) is 25.3 Å². The Balaban J connectivity index is 2.11. The van der Waals surface area contributed by atoms with E-state index in [9.17, 15) is 13.2 Å². The maximum atomic E-state index is 12.0. The van der Waals surface area contributed by atoms with Gasteiger partial charge in [-0.25, -0.2) is 8.42 Å². The number of rotatable bonds is 3. The van der Waals surface area contributed by atoms with Crippen LogP contribution in [0.3, 0.4) is 0 Å². The van der Waals surface area contributed by atoms with E-state index in [-0.39, 0.29) is 17.4 Å². The largest absolute Gasteiger partial charge is 0.497 e. The molecule has 1 aliphatic heterocycles. The minimum Gasteiger partial charge on any atom is -0.497 e. The molecular weight excluding hydrogens is 334 g/mol. The number of nitrogens with one attached hydrogen (secondary N) is 1. The topological polar surface area (TPSA) is 72.5 Å². The third-order valence-electron chi connectivity index (χ3n) is 3.03. The van der Waals surface area contributed by atoms with Gasteiger partial charge in [0.1, 0.15) is 5.75 Å². The molecule has 1 atom stereocenters. The fourth-order valence-electron chi connectivity index (χ4n) is 1.96. The van der Waals surface area contributed by atoms with Crippen molar-refractivity contribution in [2.75, 3.05) is 23.9 Å². The van der Waals surface area contributed by atoms with E-state index in [1.165, 1.54) is 0 Å². The average Bonchev–Trinajstić information content (AvgIpc) is 2.72. The van der Waals surface area contributed by atoms with Crippen molar-refractivity contribution in [1.29, 1.82) is 0 Å². The number of sulfone groups is 1. The van der Waals surface area contributed by atoms with Crippen LogP contribution in [-0.2, 0) is 14.6 Å². The number of methoxy groups -OCH3 is 1. The van der Waals surface area contributed by atoms with Crippen molar-refractivity contribution in [3.63, 3.8) is 0 Å². The number of ether oxygens (including phenoxy) is 1. The summed E-state index contributed by atoms with van der Waals surface area (Å²) >= 11 is 3.33. The van der Waals surface area contributed by atoms with Gasteiger partial charge in [-0.15, -0.1) is 0 Å². The zero-order valence-corrected chi connectivity index (χ0v) is 12.8. The minimum absolute atomic E-state index is 0.0690. The van der Waals surface area contributed by atoms with Crippen LogP contribution in [-0.4, -0.2) is 32.9 Å². The van der Waals surface area contributed by atoms with Gasteiger partial charge in [0.15, 0.2) is 9.84 Å². The molecule has 0 saturated carbocycles. The van der Waals surface area contributed by atoms with Crippen LogP contribution in [0.4, 0.5) is 5.69 Å². The van der Waals surface area contributed by atoms with Gasteiger partial charge in [0, 0.05) is 10.5 Å². The molecule has 7 heteroatoms. The van der Waals surface area contributed by atoms with Gasteiger partial charge in [-0.05, 0) is 34.5 Å². The fourth-order valence-corrected chi connectivity index (χ4v) is 4.05. The van der Waals surface area contributed by atoms with Crippen LogP contribution in [0.1, 0.15) is 6.42 Å². The van der Waals surface area contributed by atoms with Crippen molar-refractivity contribution in [2.45, 2.75) is 6.42 Å². The molecule has 2 rings (SSSR count). The lowest BCUT2D eigenvalue weighted by molar-refractivity contribution is -0.119. The number of benzene rings is 1. The van der Waals surface area contributed by atoms with Gasteiger partial charge >= 0.3 is 0 Å². The molecule has 19 heavy (non-hydrogen) atoms. The van der Waals surface area contributed by atoms with Crippen LogP contribution in [0.25, 0.3) is 0 Å². The normalized spacial score (nSPS) is 21.1. The molecule has 1 heterocycles. The van der Waals surface area contributed by atoms with Gasteiger partial charge in [0.25, 0.3) is 0 Å². The quantitative estimate of drug-likeness (QED) is 0.905. The van der Waals surface area contributed by atoms with Gasteiger partial charge in [0.2, 0.25) is 5.91 Å². The van der Waals surface area contributed by atoms with Crippen molar-refractivity contribution in [3.05, 3.63) is 22.7 Å². The second kappa shape index (κ2) is 5.50. The lowest BCUT2D eigenvalue weighted by Gasteiger charge is -2.12. The summed E-state index contributed by atoms with van der Waals surface area (Å²) in [7, 11) is -1.51. The minimum atomic E-state index is -3.05. The first-order valence-corrected chi connectivity index (χ1v) is 8.37. The first-order chi connectivity index (χ1) is 8.91. The van der Waals surface area contributed by atoms with Crippen LogP contribution in [0.15, 0.2) is 22.7 Å². The number of hydrogen-bond donors (Lipinski definition) is 1. The maximum absolute atomic E-state index is 12.0. The van der Waals surface area contributed by atoms with E-state index in [1.807, 2.05) is 0 Å². The summed E-state index contributed by atoms with van der Waals surface area (Å²) in [4.78, 5) is 12.0. The maximum Gasteiger partial charge on any atom is 0.228 e.